The molecule has 1 aromatic heterocycles. The second-order valence-electron chi connectivity index (χ2n) is 7.91. The SMILES string of the molecule is CCCOc1cccc(/C(O)=C2/C(=O)C(=O)N(Cc3cccc(OC)c3)C2c2ccccn2)c1. The molecule has 1 amide bonds. The number of hydrogen-bond donors (Lipinski definition) is 1. The first-order valence-electron chi connectivity index (χ1n) is 11.1. The molecule has 1 atom stereocenters. The highest BCUT2D eigenvalue weighted by Crippen LogP contribution is 2.40. The fourth-order valence-corrected chi connectivity index (χ4v) is 3.96. The van der Waals surface area contributed by atoms with Crippen molar-refractivity contribution in [2.24, 2.45) is 0 Å². The van der Waals surface area contributed by atoms with Crippen LogP contribution in [0.2, 0.25) is 0 Å². The van der Waals surface area contributed by atoms with E-state index in [2.05, 4.69) is 4.98 Å². The van der Waals surface area contributed by atoms with Gasteiger partial charge in [-0.2, -0.15) is 0 Å². The van der Waals surface area contributed by atoms with Gasteiger partial charge >= 0.3 is 0 Å². The number of ketones is 1. The van der Waals surface area contributed by atoms with Gasteiger partial charge in [0.1, 0.15) is 23.3 Å². The summed E-state index contributed by atoms with van der Waals surface area (Å²) in [6, 6.07) is 18.6. The van der Waals surface area contributed by atoms with Crippen LogP contribution in [0.25, 0.3) is 5.76 Å². The van der Waals surface area contributed by atoms with E-state index < -0.39 is 17.7 Å². The van der Waals surface area contributed by atoms with E-state index in [1.54, 1.807) is 61.8 Å². The van der Waals surface area contributed by atoms with Gasteiger partial charge in [0.25, 0.3) is 11.7 Å². The minimum Gasteiger partial charge on any atom is -0.507 e. The maximum atomic E-state index is 13.2. The largest absolute Gasteiger partial charge is 0.507 e. The zero-order valence-corrected chi connectivity index (χ0v) is 19.1. The number of methoxy groups -OCH3 is 1. The molecule has 1 unspecified atom stereocenters. The molecule has 7 heteroatoms. The normalized spacial score (nSPS) is 17.1. The van der Waals surface area contributed by atoms with Crippen molar-refractivity contribution < 1.29 is 24.2 Å². The molecule has 1 fully saturated rings. The number of aliphatic hydroxyl groups is 1. The van der Waals surface area contributed by atoms with Gasteiger partial charge in [-0.3, -0.25) is 14.6 Å². The Balaban J connectivity index is 1.79. The van der Waals surface area contributed by atoms with Gasteiger partial charge in [0.15, 0.2) is 0 Å². The van der Waals surface area contributed by atoms with Crippen molar-refractivity contribution in [2.75, 3.05) is 13.7 Å². The Kier molecular flexibility index (Phi) is 6.92. The average Bonchev–Trinajstić information content (AvgIpc) is 3.12. The summed E-state index contributed by atoms with van der Waals surface area (Å²) >= 11 is 0. The second kappa shape index (κ2) is 10.2. The molecule has 1 N–H and O–H groups in total. The number of benzene rings is 2. The maximum absolute atomic E-state index is 13.2. The molecule has 4 rings (SSSR count). The van der Waals surface area contributed by atoms with Crippen molar-refractivity contribution in [2.45, 2.75) is 25.9 Å². The summed E-state index contributed by atoms with van der Waals surface area (Å²) in [7, 11) is 1.57. The summed E-state index contributed by atoms with van der Waals surface area (Å²) in [5, 5.41) is 11.2. The number of carbonyl (C=O) groups is 2. The molecular weight excluding hydrogens is 432 g/mol. The van der Waals surface area contributed by atoms with Gasteiger partial charge in [0, 0.05) is 18.3 Å². The standard InChI is InChI=1S/C27H26N2O5/c1-3-14-34-21-11-7-9-19(16-21)25(30)23-24(22-12-4-5-13-28-22)29(27(32)26(23)31)17-18-8-6-10-20(15-18)33-2/h4-13,15-16,24,30H,3,14,17H2,1-2H3/b25-23-. The molecule has 0 bridgehead atoms. The first-order valence-corrected chi connectivity index (χ1v) is 11.1. The number of aliphatic hydroxyl groups excluding tert-OH is 1. The van der Waals surface area contributed by atoms with Gasteiger partial charge in [-0.05, 0) is 48.4 Å². The fraction of sp³-hybridized carbons (Fsp3) is 0.222. The van der Waals surface area contributed by atoms with Gasteiger partial charge in [-0.25, -0.2) is 0 Å². The monoisotopic (exact) mass is 458 g/mol. The Bertz CT molecular complexity index is 1220. The lowest BCUT2D eigenvalue weighted by molar-refractivity contribution is -0.140. The van der Waals surface area contributed by atoms with Crippen molar-refractivity contribution in [3.63, 3.8) is 0 Å². The van der Waals surface area contributed by atoms with Crippen molar-refractivity contribution in [3.05, 3.63) is 95.3 Å². The lowest BCUT2D eigenvalue weighted by atomic mass is 9.98. The summed E-state index contributed by atoms with van der Waals surface area (Å²) in [4.78, 5) is 32.2. The number of pyridine rings is 1. The predicted octanol–water partition coefficient (Wildman–Crippen LogP) is 4.50. The molecule has 2 aromatic carbocycles. The Hall–Kier alpha value is -4.13. The highest BCUT2D eigenvalue weighted by atomic mass is 16.5. The number of nitrogens with zero attached hydrogens (tertiary/aromatic N) is 2. The van der Waals surface area contributed by atoms with Crippen LogP contribution < -0.4 is 9.47 Å². The van der Waals surface area contributed by atoms with Crippen molar-refractivity contribution in [1.29, 1.82) is 0 Å². The van der Waals surface area contributed by atoms with Gasteiger partial charge in [0.2, 0.25) is 0 Å². The van der Waals surface area contributed by atoms with Crippen LogP contribution in [0, 0.1) is 0 Å². The van der Waals surface area contributed by atoms with Crippen LogP contribution >= 0.6 is 0 Å². The third-order valence-electron chi connectivity index (χ3n) is 5.58. The molecular formula is C27H26N2O5. The number of Topliss-reactive ketones (excluding diaryl/α,β-unsaturated/α-hetero) is 1. The smallest absolute Gasteiger partial charge is 0.296 e. The minimum atomic E-state index is -0.840. The summed E-state index contributed by atoms with van der Waals surface area (Å²) in [5.41, 5.74) is 1.68. The van der Waals surface area contributed by atoms with Crippen LogP contribution in [-0.4, -0.2) is 40.4 Å². The number of amides is 1. The van der Waals surface area contributed by atoms with E-state index in [9.17, 15) is 14.7 Å². The molecule has 174 valence electrons. The van der Waals surface area contributed by atoms with Gasteiger partial charge in [0.05, 0.1) is 25.0 Å². The van der Waals surface area contributed by atoms with E-state index in [1.807, 2.05) is 25.1 Å². The minimum absolute atomic E-state index is 0.000706. The number of likely N-dealkylation sites (tertiary alicyclic amines) is 1. The van der Waals surface area contributed by atoms with Crippen LogP contribution in [-0.2, 0) is 16.1 Å². The Morgan fingerprint density at radius 2 is 1.82 bits per heavy atom. The first kappa shape index (κ1) is 23.0. The van der Waals surface area contributed by atoms with Crippen LogP contribution in [0.4, 0.5) is 0 Å². The first-order chi connectivity index (χ1) is 16.5. The summed E-state index contributed by atoms with van der Waals surface area (Å²) in [6.45, 7) is 2.68. The molecule has 7 nitrogen and oxygen atoms in total. The quantitative estimate of drug-likeness (QED) is 0.304. The lowest BCUT2D eigenvalue weighted by Crippen LogP contribution is -2.29. The zero-order valence-electron chi connectivity index (χ0n) is 19.1. The Labute approximate surface area is 198 Å². The molecule has 0 aliphatic carbocycles. The van der Waals surface area contributed by atoms with Crippen LogP contribution in [0.3, 0.4) is 0 Å². The summed E-state index contributed by atoms with van der Waals surface area (Å²) in [6.07, 6.45) is 2.44. The van der Waals surface area contributed by atoms with Crippen molar-refractivity contribution >= 4 is 17.4 Å². The van der Waals surface area contributed by atoms with E-state index in [-0.39, 0.29) is 17.9 Å². The highest BCUT2D eigenvalue weighted by molar-refractivity contribution is 6.46. The van der Waals surface area contributed by atoms with Crippen LogP contribution in [0.15, 0.2) is 78.5 Å². The summed E-state index contributed by atoms with van der Waals surface area (Å²) < 4.78 is 11.0. The van der Waals surface area contributed by atoms with E-state index in [0.29, 0.717) is 29.4 Å². The predicted molar refractivity (Wildman–Crippen MR) is 127 cm³/mol. The fourth-order valence-electron chi connectivity index (χ4n) is 3.96. The topological polar surface area (TPSA) is 89.0 Å². The number of rotatable bonds is 8. The van der Waals surface area contributed by atoms with Gasteiger partial charge < -0.3 is 19.5 Å². The molecule has 2 heterocycles. The highest BCUT2D eigenvalue weighted by Gasteiger charge is 2.46. The second-order valence-corrected chi connectivity index (χ2v) is 7.91. The molecule has 0 spiro atoms. The molecule has 34 heavy (non-hydrogen) atoms. The molecule has 0 radical (unpaired) electrons. The Morgan fingerprint density at radius 1 is 1.03 bits per heavy atom. The molecule has 1 aliphatic heterocycles. The number of hydrogen-bond acceptors (Lipinski definition) is 6. The van der Waals surface area contributed by atoms with Crippen molar-refractivity contribution in [3.8, 4) is 11.5 Å². The molecule has 1 saturated heterocycles. The summed E-state index contributed by atoms with van der Waals surface area (Å²) in [5.74, 6) is -0.489. The van der Waals surface area contributed by atoms with Crippen molar-refractivity contribution in [1.82, 2.24) is 9.88 Å². The third kappa shape index (κ3) is 4.64. The van der Waals surface area contributed by atoms with Crippen LogP contribution in [0.5, 0.6) is 11.5 Å². The Morgan fingerprint density at radius 3 is 2.56 bits per heavy atom. The molecule has 0 saturated carbocycles. The van der Waals surface area contributed by atoms with Crippen LogP contribution in [0.1, 0.15) is 36.2 Å². The van der Waals surface area contributed by atoms with Gasteiger partial charge in [-0.15, -0.1) is 0 Å². The van der Waals surface area contributed by atoms with E-state index in [4.69, 9.17) is 9.47 Å². The number of aromatic nitrogens is 1. The molecule has 3 aromatic rings. The third-order valence-corrected chi connectivity index (χ3v) is 5.58. The lowest BCUT2D eigenvalue weighted by Gasteiger charge is -2.24. The van der Waals surface area contributed by atoms with Gasteiger partial charge in [-0.1, -0.05) is 37.3 Å². The van der Waals surface area contributed by atoms with E-state index in [0.717, 1.165) is 12.0 Å². The average molecular weight is 459 g/mol. The number of carbonyl (C=O) groups excluding carboxylic acids is 2. The molecule has 1 aliphatic rings. The van der Waals surface area contributed by atoms with E-state index >= 15 is 0 Å². The maximum Gasteiger partial charge on any atom is 0.296 e. The van der Waals surface area contributed by atoms with E-state index in [1.165, 1.54) is 4.90 Å². The number of ether oxygens (including phenoxy) is 2. The zero-order chi connectivity index (χ0) is 24.1.